The van der Waals surface area contributed by atoms with E-state index in [0.717, 1.165) is 5.56 Å². The number of rotatable bonds is 10. The van der Waals surface area contributed by atoms with Crippen LogP contribution >= 0.6 is 0 Å². The summed E-state index contributed by atoms with van der Waals surface area (Å²) in [6.07, 6.45) is 0.611. The van der Waals surface area contributed by atoms with E-state index in [0.29, 0.717) is 39.3 Å². The van der Waals surface area contributed by atoms with Gasteiger partial charge in [-0.15, -0.1) is 0 Å². The lowest BCUT2D eigenvalue weighted by Gasteiger charge is -2.08. The van der Waals surface area contributed by atoms with Gasteiger partial charge in [0.05, 0.1) is 18.1 Å². The summed E-state index contributed by atoms with van der Waals surface area (Å²) in [4.78, 5) is 0.237. The van der Waals surface area contributed by atoms with Crippen LogP contribution in [0.1, 0.15) is 12.0 Å². The van der Waals surface area contributed by atoms with Crippen LogP contribution in [0, 0.1) is 0 Å². The molecule has 0 heterocycles. The molecule has 0 aliphatic carbocycles. The zero-order valence-electron chi connectivity index (χ0n) is 11.7. The highest BCUT2D eigenvalue weighted by atomic mass is 32.2. The molecule has 0 saturated heterocycles. The lowest BCUT2D eigenvalue weighted by atomic mass is 10.2. The van der Waals surface area contributed by atoms with Crippen LogP contribution in [-0.4, -0.2) is 41.9 Å². The highest BCUT2D eigenvalue weighted by Crippen LogP contribution is 2.10. The second-order valence-corrected chi connectivity index (χ2v) is 5.97. The first-order valence-corrected chi connectivity index (χ1v) is 7.94. The largest absolute Gasteiger partial charge is 0.382 e. The molecule has 6 nitrogen and oxygen atoms in total. The quantitative estimate of drug-likeness (QED) is 0.613. The van der Waals surface area contributed by atoms with Gasteiger partial charge < -0.3 is 15.2 Å². The number of methoxy groups -OCH3 is 1. The molecule has 7 heteroatoms. The fourth-order valence-electron chi connectivity index (χ4n) is 1.55. The molecular formula is C13H22N2O4S. The first-order chi connectivity index (χ1) is 9.60. The van der Waals surface area contributed by atoms with Crippen molar-refractivity contribution in [2.24, 2.45) is 5.73 Å². The minimum Gasteiger partial charge on any atom is -0.382 e. The number of benzene rings is 1. The first kappa shape index (κ1) is 17.1. The van der Waals surface area contributed by atoms with Crippen LogP contribution in [0.3, 0.4) is 0 Å². The van der Waals surface area contributed by atoms with Crippen molar-refractivity contribution in [2.75, 3.05) is 33.5 Å². The van der Waals surface area contributed by atoms with Crippen LogP contribution in [0.25, 0.3) is 0 Å². The van der Waals surface area contributed by atoms with Gasteiger partial charge in [-0.1, -0.05) is 12.1 Å². The van der Waals surface area contributed by atoms with E-state index in [1.165, 1.54) is 0 Å². The number of hydrogen-bond acceptors (Lipinski definition) is 5. The molecule has 1 aromatic rings. The van der Waals surface area contributed by atoms with Gasteiger partial charge in [-0.2, -0.15) is 0 Å². The van der Waals surface area contributed by atoms with E-state index in [-0.39, 0.29) is 4.90 Å². The Labute approximate surface area is 120 Å². The van der Waals surface area contributed by atoms with Gasteiger partial charge in [0.15, 0.2) is 0 Å². The lowest BCUT2D eigenvalue weighted by Crippen LogP contribution is -2.25. The maximum absolute atomic E-state index is 12.0. The molecule has 0 spiro atoms. The normalized spacial score (nSPS) is 11.7. The monoisotopic (exact) mass is 302 g/mol. The Balaban J connectivity index is 2.37. The van der Waals surface area contributed by atoms with Gasteiger partial charge in [-0.25, -0.2) is 13.1 Å². The van der Waals surface area contributed by atoms with Crippen molar-refractivity contribution in [3.8, 4) is 0 Å². The average Bonchev–Trinajstić information content (AvgIpc) is 2.46. The number of hydrogen-bond donors (Lipinski definition) is 2. The van der Waals surface area contributed by atoms with E-state index in [1.807, 2.05) is 0 Å². The SMILES string of the molecule is COCCOCCCNS(=O)(=O)c1cccc(CN)c1. The molecule has 0 aliphatic rings. The number of sulfonamides is 1. The third-order valence-electron chi connectivity index (χ3n) is 2.63. The number of nitrogens with one attached hydrogen (secondary N) is 1. The first-order valence-electron chi connectivity index (χ1n) is 6.45. The van der Waals surface area contributed by atoms with Gasteiger partial charge >= 0.3 is 0 Å². The third kappa shape index (κ3) is 5.98. The third-order valence-corrected chi connectivity index (χ3v) is 4.09. The minimum absolute atomic E-state index is 0.237. The van der Waals surface area contributed by atoms with Gasteiger partial charge in [0.2, 0.25) is 10.0 Å². The van der Waals surface area contributed by atoms with Gasteiger partial charge in [-0.05, 0) is 24.1 Å². The molecule has 0 bridgehead atoms. The van der Waals surface area contributed by atoms with E-state index in [1.54, 1.807) is 31.4 Å². The van der Waals surface area contributed by atoms with Crippen molar-refractivity contribution >= 4 is 10.0 Å². The standard InChI is InChI=1S/C13H22N2O4S/c1-18-8-9-19-7-3-6-15-20(16,17)13-5-2-4-12(10-13)11-14/h2,4-5,10,15H,3,6-9,11,14H2,1H3. The molecule has 0 radical (unpaired) electrons. The van der Waals surface area contributed by atoms with Gasteiger partial charge in [0.25, 0.3) is 0 Å². The smallest absolute Gasteiger partial charge is 0.240 e. The summed E-state index contributed by atoms with van der Waals surface area (Å²) in [5.74, 6) is 0. The zero-order valence-corrected chi connectivity index (χ0v) is 12.5. The van der Waals surface area contributed by atoms with Crippen LogP contribution in [0.15, 0.2) is 29.2 Å². The molecule has 114 valence electrons. The van der Waals surface area contributed by atoms with E-state index in [4.69, 9.17) is 15.2 Å². The Kier molecular flexibility index (Phi) is 7.71. The fourth-order valence-corrected chi connectivity index (χ4v) is 2.69. The maximum atomic E-state index is 12.0. The van der Waals surface area contributed by atoms with Crippen molar-refractivity contribution in [3.63, 3.8) is 0 Å². The Morgan fingerprint density at radius 3 is 2.75 bits per heavy atom. The molecule has 0 fully saturated rings. The van der Waals surface area contributed by atoms with Crippen LogP contribution in [0.5, 0.6) is 0 Å². The number of ether oxygens (including phenoxy) is 2. The second kappa shape index (κ2) is 9.04. The summed E-state index contributed by atoms with van der Waals surface area (Å²) in [7, 11) is -1.87. The Hall–Kier alpha value is -0.990. The summed E-state index contributed by atoms with van der Waals surface area (Å²) in [6.45, 7) is 2.20. The molecule has 0 amide bonds. The fraction of sp³-hybridized carbons (Fsp3) is 0.538. The summed E-state index contributed by atoms with van der Waals surface area (Å²) >= 11 is 0. The molecule has 0 saturated carbocycles. The van der Waals surface area contributed by atoms with E-state index < -0.39 is 10.0 Å². The van der Waals surface area contributed by atoms with Gasteiger partial charge in [-0.3, -0.25) is 0 Å². The predicted octanol–water partition coefficient (Wildman–Crippen LogP) is 0.477. The topological polar surface area (TPSA) is 90.6 Å². The van der Waals surface area contributed by atoms with Crippen molar-refractivity contribution in [2.45, 2.75) is 17.9 Å². The Morgan fingerprint density at radius 1 is 1.25 bits per heavy atom. The highest BCUT2D eigenvalue weighted by Gasteiger charge is 2.13. The molecule has 0 aromatic heterocycles. The molecule has 20 heavy (non-hydrogen) atoms. The summed E-state index contributed by atoms with van der Waals surface area (Å²) in [6, 6.07) is 6.61. The summed E-state index contributed by atoms with van der Waals surface area (Å²) in [5, 5.41) is 0. The van der Waals surface area contributed by atoms with Crippen LogP contribution in [-0.2, 0) is 26.0 Å². The zero-order chi connectivity index (χ0) is 14.8. The van der Waals surface area contributed by atoms with E-state index in [2.05, 4.69) is 4.72 Å². The Morgan fingerprint density at radius 2 is 2.05 bits per heavy atom. The number of nitrogens with two attached hydrogens (primary N) is 1. The van der Waals surface area contributed by atoms with Crippen LogP contribution in [0.2, 0.25) is 0 Å². The average molecular weight is 302 g/mol. The second-order valence-electron chi connectivity index (χ2n) is 4.21. The molecule has 3 N–H and O–H groups in total. The lowest BCUT2D eigenvalue weighted by molar-refractivity contribution is 0.0699. The van der Waals surface area contributed by atoms with E-state index >= 15 is 0 Å². The van der Waals surface area contributed by atoms with E-state index in [9.17, 15) is 8.42 Å². The molecule has 1 rings (SSSR count). The van der Waals surface area contributed by atoms with Crippen molar-refractivity contribution in [3.05, 3.63) is 29.8 Å². The maximum Gasteiger partial charge on any atom is 0.240 e. The van der Waals surface area contributed by atoms with Gasteiger partial charge in [0, 0.05) is 26.8 Å². The Bertz CT molecular complexity index is 491. The van der Waals surface area contributed by atoms with Gasteiger partial charge in [0.1, 0.15) is 0 Å². The summed E-state index contributed by atoms with van der Waals surface area (Å²) in [5.41, 5.74) is 6.29. The molecule has 0 aliphatic heterocycles. The molecule has 1 aromatic carbocycles. The molecular weight excluding hydrogens is 280 g/mol. The molecule has 0 atom stereocenters. The van der Waals surface area contributed by atoms with Crippen LogP contribution < -0.4 is 10.5 Å². The summed E-state index contributed by atoms with van der Waals surface area (Å²) < 4.78 is 36.7. The molecule has 0 unspecified atom stereocenters. The van der Waals surface area contributed by atoms with Crippen molar-refractivity contribution < 1.29 is 17.9 Å². The van der Waals surface area contributed by atoms with Crippen molar-refractivity contribution in [1.82, 2.24) is 4.72 Å². The predicted molar refractivity (Wildman–Crippen MR) is 76.8 cm³/mol. The minimum atomic E-state index is -3.48. The van der Waals surface area contributed by atoms with Crippen LogP contribution in [0.4, 0.5) is 0 Å². The highest BCUT2D eigenvalue weighted by molar-refractivity contribution is 7.89. The van der Waals surface area contributed by atoms with Crippen molar-refractivity contribution in [1.29, 1.82) is 0 Å².